The fraction of sp³-hybridized carbons (Fsp3) is 0.923. The van der Waals surface area contributed by atoms with Crippen molar-refractivity contribution in [2.75, 3.05) is 13.1 Å². The number of hydrogen-bond acceptors (Lipinski definition) is 3. The lowest BCUT2D eigenvalue weighted by molar-refractivity contribution is 0.0454. The molecule has 1 saturated carbocycles. The van der Waals surface area contributed by atoms with Crippen LogP contribution in [0.5, 0.6) is 0 Å². The first-order valence-electron chi connectivity index (χ1n) is 6.42. The van der Waals surface area contributed by atoms with Gasteiger partial charge in [-0.25, -0.2) is 4.79 Å². The molecule has 4 nitrogen and oxygen atoms in total. The molecule has 2 rings (SSSR count). The maximum Gasteiger partial charge on any atom is 0.408 e. The molecule has 2 aliphatic rings. The summed E-state index contributed by atoms with van der Waals surface area (Å²) < 4.78 is 5.31. The number of amides is 1. The Morgan fingerprint density at radius 2 is 1.71 bits per heavy atom. The molecular weight excluding hydrogens is 216 g/mol. The molecule has 2 fully saturated rings. The molecule has 0 aromatic carbocycles. The van der Waals surface area contributed by atoms with Crippen LogP contribution in [0.25, 0.3) is 0 Å². The normalized spacial score (nSPS) is 31.9. The zero-order chi connectivity index (χ0) is 12.8. The van der Waals surface area contributed by atoms with Crippen LogP contribution in [0.15, 0.2) is 0 Å². The summed E-state index contributed by atoms with van der Waals surface area (Å²) in [6, 6.07) is 0. The van der Waals surface area contributed by atoms with E-state index < -0.39 is 5.60 Å². The Balaban J connectivity index is 1.87. The fourth-order valence-electron chi connectivity index (χ4n) is 3.14. The molecule has 1 saturated heterocycles. The van der Waals surface area contributed by atoms with E-state index >= 15 is 0 Å². The number of alkyl carbamates (subject to hydrolysis) is 1. The van der Waals surface area contributed by atoms with Crippen LogP contribution in [0.2, 0.25) is 0 Å². The molecule has 1 aliphatic heterocycles. The molecule has 1 amide bonds. The minimum Gasteiger partial charge on any atom is -0.444 e. The Labute approximate surface area is 103 Å². The highest BCUT2D eigenvalue weighted by Crippen LogP contribution is 2.54. The second-order valence-electron chi connectivity index (χ2n) is 6.86. The fourth-order valence-corrected chi connectivity index (χ4v) is 3.14. The lowest BCUT2D eigenvalue weighted by Gasteiger charge is -2.30. The zero-order valence-electron chi connectivity index (χ0n) is 11.5. The van der Waals surface area contributed by atoms with E-state index in [0.29, 0.717) is 5.92 Å². The van der Waals surface area contributed by atoms with Gasteiger partial charge in [0.2, 0.25) is 0 Å². The topological polar surface area (TPSA) is 50.4 Å². The van der Waals surface area contributed by atoms with Gasteiger partial charge in [-0.15, -0.1) is 0 Å². The van der Waals surface area contributed by atoms with E-state index in [1.807, 2.05) is 20.8 Å². The van der Waals surface area contributed by atoms with E-state index in [4.69, 9.17) is 4.74 Å². The maximum atomic E-state index is 11.8. The monoisotopic (exact) mass is 240 g/mol. The van der Waals surface area contributed by atoms with Gasteiger partial charge in [-0.05, 0) is 65.5 Å². The number of carbonyl (C=O) groups is 1. The lowest BCUT2D eigenvalue weighted by Crippen LogP contribution is -2.49. The van der Waals surface area contributed by atoms with E-state index in [1.165, 1.54) is 0 Å². The van der Waals surface area contributed by atoms with Crippen LogP contribution >= 0.6 is 0 Å². The summed E-state index contributed by atoms with van der Waals surface area (Å²) in [5.41, 5.74) is -0.596. The third kappa shape index (κ3) is 2.73. The highest BCUT2D eigenvalue weighted by atomic mass is 16.6. The first kappa shape index (κ1) is 12.7. The van der Waals surface area contributed by atoms with Crippen LogP contribution in [0.1, 0.15) is 34.6 Å². The van der Waals surface area contributed by atoms with Crippen molar-refractivity contribution in [3.05, 3.63) is 0 Å². The van der Waals surface area contributed by atoms with Crippen LogP contribution < -0.4 is 10.6 Å². The van der Waals surface area contributed by atoms with Crippen molar-refractivity contribution in [1.29, 1.82) is 0 Å². The molecule has 98 valence electrons. The molecule has 0 spiro atoms. The molecule has 4 heteroatoms. The number of fused-ring (bicyclic) bond motifs is 1. The quantitative estimate of drug-likeness (QED) is 0.773. The number of nitrogens with one attached hydrogen (secondary N) is 2. The van der Waals surface area contributed by atoms with Crippen LogP contribution in [-0.4, -0.2) is 30.3 Å². The van der Waals surface area contributed by atoms with E-state index in [1.54, 1.807) is 0 Å². The van der Waals surface area contributed by atoms with Gasteiger partial charge in [0.15, 0.2) is 0 Å². The summed E-state index contributed by atoms with van der Waals surface area (Å²) >= 11 is 0. The van der Waals surface area contributed by atoms with Gasteiger partial charge in [-0.1, -0.05) is 0 Å². The Bertz CT molecular complexity index is 310. The van der Waals surface area contributed by atoms with Crippen molar-refractivity contribution >= 4 is 6.09 Å². The second kappa shape index (κ2) is 3.87. The highest BCUT2D eigenvalue weighted by Gasteiger charge is 2.59. The standard InChI is InChI=1S/C13H24N2O2/c1-12(2,3)17-11(16)15-13(4,5)10-8-6-14-7-9(8)10/h8-10,14H,6-7H2,1-5H3,(H,15,16). The molecule has 2 N–H and O–H groups in total. The van der Waals surface area contributed by atoms with Crippen molar-refractivity contribution in [2.45, 2.75) is 45.8 Å². The molecule has 0 bridgehead atoms. The summed E-state index contributed by atoms with van der Waals surface area (Å²) in [5.74, 6) is 2.07. The van der Waals surface area contributed by atoms with Gasteiger partial charge in [0.1, 0.15) is 5.60 Å². The van der Waals surface area contributed by atoms with Gasteiger partial charge >= 0.3 is 6.09 Å². The predicted octanol–water partition coefficient (Wildman–Crippen LogP) is 1.76. The summed E-state index contributed by atoms with van der Waals surface area (Å²) in [5, 5.41) is 6.39. The molecule has 0 aromatic rings. The van der Waals surface area contributed by atoms with Gasteiger partial charge in [0.25, 0.3) is 0 Å². The Hall–Kier alpha value is -0.770. The van der Waals surface area contributed by atoms with E-state index in [-0.39, 0.29) is 11.6 Å². The molecule has 17 heavy (non-hydrogen) atoms. The summed E-state index contributed by atoms with van der Waals surface area (Å²) in [6.07, 6.45) is -0.305. The number of ether oxygens (including phenoxy) is 1. The van der Waals surface area contributed by atoms with E-state index in [0.717, 1.165) is 24.9 Å². The maximum absolute atomic E-state index is 11.8. The van der Waals surface area contributed by atoms with Gasteiger partial charge in [-0.2, -0.15) is 0 Å². The molecule has 0 radical (unpaired) electrons. The Morgan fingerprint density at radius 1 is 1.18 bits per heavy atom. The third-order valence-corrected chi connectivity index (χ3v) is 3.75. The number of carbonyl (C=O) groups excluding carboxylic acids is 1. The average molecular weight is 240 g/mol. The summed E-state index contributed by atoms with van der Waals surface area (Å²) in [7, 11) is 0. The minimum atomic E-state index is -0.429. The van der Waals surface area contributed by atoms with E-state index in [2.05, 4.69) is 24.5 Å². The van der Waals surface area contributed by atoms with Crippen LogP contribution in [0, 0.1) is 17.8 Å². The van der Waals surface area contributed by atoms with Crippen molar-refractivity contribution < 1.29 is 9.53 Å². The van der Waals surface area contributed by atoms with Crippen LogP contribution in [0.4, 0.5) is 4.79 Å². The van der Waals surface area contributed by atoms with Gasteiger partial charge in [-0.3, -0.25) is 0 Å². The first-order valence-corrected chi connectivity index (χ1v) is 6.42. The zero-order valence-corrected chi connectivity index (χ0v) is 11.5. The van der Waals surface area contributed by atoms with Crippen molar-refractivity contribution in [1.82, 2.24) is 10.6 Å². The smallest absolute Gasteiger partial charge is 0.408 e. The van der Waals surface area contributed by atoms with Gasteiger partial charge < -0.3 is 15.4 Å². The van der Waals surface area contributed by atoms with Crippen molar-refractivity contribution in [3.8, 4) is 0 Å². The van der Waals surface area contributed by atoms with Crippen molar-refractivity contribution in [3.63, 3.8) is 0 Å². The molecule has 2 unspecified atom stereocenters. The Morgan fingerprint density at radius 3 is 2.18 bits per heavy atom. The summed E-state index contributed by atoms with van der Waals surface area (Å²) in [6.45, 7) is 12.0. The van der Waals surface area contributed by atoms with Crippen LogP contribution in [0.3, 0.4) is 0 Å². The minimum absolute atomic E-state index is 0.167. The van der Waals surface area contributed by atoms with Crippen LogP contribution in [-0.2, 0) is 4.74 Å². The average Bonchev–Trinajstić information content (AvgIpc) is 2.60. The third-order valence-electron chi connectivity index (χ3n) is 3.75. The second-order valence-corrected chi connectivity index (χ2v) is 6.86. The van der Waals surface area contributed by atoms with Gasteiger partial charge in [0.05, 0.1) is 0 Å². The molecule has 1 heterocycles. The molecule has 2 atom stereocenters. The van der Waals surface area contributed by atoms with Crippen molar-refractivity contribution in [2.24, 2.45) is 17.8 Å². The number of rotatable bonds is 2. The van der Waals surface area contributed by atoms with Gasteiger partial charge in [0, 0.05) is 5.54 Å². The number of hydrogen-bond donors (Lipinski definition) is 2. The lowest BCUT2D eigenvalue weighted by atomic mass is 9.95. The number of piperidine rings is 1. The Kier molecular flexibility index (Phi) is 2.89. The summed E-state index contributed by atoms with van der Waals surface area (Å²) in [4.78, 5) is 11.8. The predicted molar refractivity (Wildman–Crippen MR) is 66.8 cm³/mol. The molecule has 0 aromatic heterocycles. The highest BCUT2D eigenvalue weighted by molar-refractivity contribution is 5.68. The molecule has 1 aliphatic carbocycles. The SMILES string of the molecule is CC(C)(C)OC(=O)NC(C)(C)C1C2CNCC21. The largest absolute Gasteiger partial charge is 0.444 e. The first-order chi connectivity index (χ1) is 7.71. The van der Waals surface area contributed by atoms with E-state index in [9.17, 15) is 4.79 Å². The molecular formula is C13H24N2O2.